The Bertz CT molecular complexity index is 513. The molecule has 0 aliphatic rings. The third kappa shape index (κ3) is 5.24. The molecular weight excluding hydrogens is 296 g/mol. The Morgan fingerprint density at radius 1 is 0.875 bits per heavy atom. The van der Waals surface area contributed by atoms with Crippen LogP contribution in [0.5, 0.6) is 5.75 Å². The SMILES string of the molecule is CC(C)Cc1cc(C(C)C)c(OCCCO)c(C(C)C)c1C(C)C. The van der Waals surface area contributed by atoms with Crippen LogP contribution in [0.3, 0.4) is 0 Å². The number of hydrogen-bond acceptors (Lipinski definition) is 2. The van der Waals surface area contributed by atoms with Crippen LogP contribution in [0.25, 0.3) is 0 Å². The predicted octanol–water partition coefficient (Wildman–Crippen LogP) is 6.02. The molecule has 1 aromatic carbocycles. The van der Waals surface area contributed by atoms with Crippen LogP contribution in [0, 0.1) is 5.92 Å². The minimum Gasteiger partial charge on any atom is -0.493 e. The number of benzene rings is 1. The van der Waals surface area contributed by atoms with E-state index in [1.54, 1.807) is 0 Å². The molecule has 1 rings (SSSR count). The molecule has 0 aliphatic carbocycles. The summed E-state index contributed by atoms with van der Waals surface area (Å²) in [5.74, 6) is 3.06. The molecule has 0 radical (unpaired) electrons. The van der Waals surface area contributed by atoms with Gasteiger partial charge in [-0.25, -0.2) is 0 Å². The van der Waals surface area contributed by atoms with Gasteiger partial charge in [0.15, 0.2) is 0 Å². The van der Waals surface area contributed by atoms with E-state index in [9.17, 15) is 0 Å². The summed E-state index contributed by atoms with van der Waals surface area (Å²) in [5.41, 5.74) is 5.66. The third-order valence-electron chi connectivity index (χ3n) is 4.43. The van der Waals surface area contributed by atoms with E-state index in [2.05, 4.69) is 61.5 Å². The smallest absolute Gasteiger partial charge is 0.126 e. The highest BCUT2D eigenvalue weighted by Gasteiger charge is 2.24. The fraction of sp³-hybridized carbons (Fsp3) is 0.727. The molecule has 2 heteroatoms. The lowest BCUT2D eigenvalue weighted by Crippen LogP contribution is -2.13. The molecule has 2 nitrogen and oxygen atoms in total. The molecule has 0 heterocycles. The monoisotopic (exact) mass is 334 g/mol. The molecule has 0 aromatic heterocycles. The number of rotatable bonds is 9. The fourth-order valence-electron chi connectivity index (χ4n) is 3.47. The number of ether oxygens (including phenoxy) is 1. The minimum absolute atomic E-state index is 0.177. The lowest BCUT2D eigenvalue weighted by Gasteiger charge is -2.28. The average Bonchev–Trinajstić information content (AvgIpc) is 2.46. The van der Waals surface area contributed by atoms with Crippen LogP contribution in [-0.4, -0.2) is 18.3 Å². The Hall–Kier alpha value is -1.02. The van der Waals surface area contributed by atoms with Crippen molar-refractivity contribution < 1.29 is 9.84 Å². The first-order valence-corrected chi connectivity index (χ1v) is 9.63. The summed E-state index contributed by atoms with van der Waals surface area (Å²) >= 11 is 0. The van der Waals surface area contributed by atoms with Crippen molar-refractivity contribution in [3.63, 3.8) is 0 Å². The Kier molecular flexibility index (Phi) is 8.29. The van der Waals surface area contributed by atoms with Crippen molar-refractivity contribution in [2.75, 3.05) is 13.2 Å². The molecule has 0 fully saturated rings. The van der Waals surface area contributed by atoms with Crippen molar-refractivity contribution in [3.05, 3.63) is 28.3 Å². The van der Waals surface area contributed by atoms with Gasteiger partial charge >= 0.3 is 0 Å². The summed E-state index contributed by atoms with van der Waals surface area (Å²) < 4.78 is 6.22. The molecular formula is C22H38O2. The van der Waals surface area contributed by atoms with Crippen LogP contribution < -0.4 is 4.74 Å². The zero-order valence-electron chi connectivity index (χ0n) is 17.1. The van der Waals surface area contributed by atoms with Gasteiger partial charge in [-0.1, -0.05) is 61.5 Å². The standard InChI is InChI=1S/C22H38O2/c1-14(2)12-18-13-19(15(3)4)22(24-11-9-10-23)21(17(7)8)20(18)16(5)6/h13-17,23H,9-12H2,1-8H3. The van der Waals surface area contributed by atoms with Crippen LogP contribution in [0.4, 0.5) is 0 Å². The van der Waals surface area contributed by atoms with E-state index in [1.165, 1.54) is 22.3 Å². The van der Waals surface area contributed by atoms with Crippen molar-refractivity contribution >= 4 is 0 Å². The molecule has 0 saturated heterocycles. The number of aliphatic hydroxyl groups excluding tert-OH is 1. The molecule has 0 aliphatic heterocycles. The van der Waals surface area contributed by atoms with Gasteiger partial charge < -0.3 is 9.84 Å². The molecule has 138 valence electrons. The first-order valence-electron chi connectivity index (χ1n) is 9.63. The van der Waals surface area contributed by atoms with E-state index in [4.69, 9.17) is 9.84 Å². The maximum Gasteiger partial charge on any atom is 0.126 e. The second-order valence-electron chi connectivity index (χ2n) is 8.27. The van der Waals surface area contributed by atoms with E-state index in [0.29, 0.717) is 36.7 Å². The molecule has 0 amide bonds. The van der Waals surface area contributed by atoms with E-state index >= 15 is 0 Å². The molecule has 0 unspecified atom stereocenters. The second-order valence-corrected chi connectivity index (χ2v) is 8.27. The molecule has 0 spiro atoms. The molecule has 24 heavy (non-hydrogen) atoms. The first-order chi connectivity index (χ1) is 11.2. The summed E-state index contributed by atoms with van der Waals surface area (Å²) in [5, 5.41) is 9.11. The molecule has 1 N–H and O–H groups in total. The largest absolute Gasteiger partial charge is 0.493 e. The van der Waals surface area contributed by atoms with Crippen LogP contribution >= 0.6 is 0 Å². The normalized spacial score (nSPS) is 12.0. The summed E-state index contributed by atoms with van der Waals surface area (Å²) in [4.78, 5) is 0. The lowest BCUT2D eigenvalue weighted by molar-refractivity contribution is 0.230. The van der Waals surface area contributed by atoms with Crippen LogP contribution in [0.15, 0.2) is 6.07 Å². The molecule has 0 bridgehead atoms. The summed E-state index contributed by atoms with van der Waals surface area (Å²) in [6, 6.07) is 2.39. The van der Waals surface area contributed by atoms with Gasteiger partial charge in [0, 0.05) is 18.6 Å². The maximum absolute atomic E-state index is 9.11. The van der Waals surface area contributed by atoms with Gasteiger partial charge in [-0.05, 0) is 46.8 Å². The Labute approximate surface area is 149 Å². The molecule has 1 aromatic rings. The predicted molar refractivity (Wildman–Crippen MR) is 104 cm³/mol. The van der Waals surface area contributed by atoms with E-state index in [-0.39, 0.29) is 6.61 Å². The molecule has 0 atom stereocenters. The van der Waals surface area contributed by atoms with Gasteiger partial charge in [0.25, 0.3) is 0 Å². The zero-order valence-corrected chi connectivity index (χ0v) is 17.1. The van der Waals surface area contributed by atoms with Gasteiger partial charge in [-0.2, -0.15) is 0 Å². The van der Waals surface area contributed by atoms with Gasteiger partial charge in [-0.15, -0.1) is 0 Å². The fourth-order valence-corrected chi connectivity index (χ4v) is 3.47. The van der Waals surface area contributed by atoms with Gasteiger partial charge in [0.05, 0.1) is 6.61 Å². The first kappa shape index (κ1) is 21.0. The van der Waals surface area contributed by atoms with E-state index in [0.717, 1.165) is 12.2 Å². The van der Waals surface area contributed by atoms with E-state index in [1.807, 2.05) is 0 Å². The lowest BCUT2D eigenvalue weighted by atomic mass is 9.80. The second kappa shape index (κ2) is 9.46. The Morgan fingerprint density at radius 3 is 1.88 bits per heavy atom. The quantitative estimate of drug-likeness (QED) is 0.560. The van der Waals surface area contributed by atoms with Gasteiger partial charge in [0.2, 0.25) is 0 Å². The summed E-state index contributed by atoms with van der Waals surface area (Å²) in [6.45, 7) is 18.9. The van der Waals surface area contributed by atoms with Crippen molar-refractivity contribution in [2.24, 2.45) is 5.92 Å². The van der Waals surface area contributed by atoms with Gasteiger partial charge in [-0.3, -0.25) is 0 Å². The minimum atomic E-state index is 0.177. The highest BCUT2D eigenvalue weighted by atomic mass is 16.5. The number of hydrogen-bond donors (Lipinski definition) is 1. The van der Waals surface area contributed by atoms with Crippen molar-refractivity contribution in [1.82, 2.24) is 0 Å². The zero-order chi connectivity index (χ0) is 18.4. The Balaban J connectivity index is 3.60. The van der Waals surface area contributed by atoms with E-state index < -0.39 is 0 Å². The summed E-state index contributed by atoms with van der Waals surface area (Å²) in [7, 11) is 0. The van der Waals surface area contributed by atoms with Crippen molar-refractivity contribution in [2.45, 2.75) is 86.0 Å². The van der Waals surface area contributed by atoms with Crippen molar-refractivity contribution in [1.29, 1.82) is 0 Å². The van der Waals surface area contributed by atoms with Crippen LogP contribution in [0.1, 0.15) is 102 Å². The van der Waals surface area contributed by atoms with Crippen molar-refractivity contribution in [3.8, 4) is 5.75 Å². The van der Waals surface area contributed by atoms with Gasteiger partial charge in [0.1, 0.15) is 5.75 Å². The maximum atomic E-state index is 9.11. The highest BCUT2D eigenvalue weighted by molar-refractivity contribution is 5.54. The Morgan fingerprint density at radius 2 is 1.46 bits per heavy atom. The highest BCUT2D eigenvalue weighted by Crippen LogP contribution is 2.42. The average molecular weight is 335 g/mol. The molecule has 0 saturated carbocycles. The van der Waals surface area contributed by atoms with Crippen LogP contribution in [0.2, 0.25) is 0 Å². The number of aliphatic hydroxyl groups is 1. The third-order valence-corrected chi connectivity index (χ3v) is 4.43. The van der Waals surface area contributed by atoms with Crippen LogP contribution in [-0.2, 0) is 6.42 Å². The summed E-state index contributed by atoms with van der Waals surface area (Å²) in [6.07, 6.45) is 1.80. The topological polar surface area (TPSA) is 29.5 Å².